The van der Waals surface area contributed by atoms with Crippen molar-refractivity contribution in [3.05, 3.63) is 11.4 Å². The Labute approximate surface area is 122 Å². The van der Waals surface area contributed by atoms with E-state index < -0.39 is 11.6 Å². The monoisotopic (exact) mass is 296 g/mol. The maximum absolute atomic E-state index is 12.0. The predicted molar refractivity (Wildman–Crippen MR) is 73.2 cm³/mol. The molecule has 0 radical (unpaired) electrons. The average molecular weight is 296 g/mol. The molecule has 0 aromatic carbocycles. The number of carbonyl (C=O) groups is 2. The van der Waals surface area contributed by atoms with Gasteiger partial charge in [0.05, 0.1) is 11.7 Å². The van der Waals surface area contributed by atoms with Gasteiger partial charge in [-0.25, -0.2) is 14.3 Å². The number of carboxylic acids is 1. The van der Waals surface area contributed by atoms with E-state index >= 15 is 0 Å². The van der Waals surface area contributed by atoms with E-state index in [-0.39, 0.29) is 17.8 Å². The topological polar surface area (TPSA) is 97.5 Å². The van der Waals surface area contributed by atoms with Crippen LogP contribution in [0.1, 0.15) is 49.4 Å². The van der Waals surface area contributed by atoms with Crippen LogP contribution in [0.5, 0.6) is 0 Å². The third kappa shape index (κ3) is 3.32. The van der Waals surface area contributed by atoms with Crippen LogP contribution in [0.4, 0.5) is 4.79 Å². The summed E-state index contributed by atoms with van der Waals surface area (Å²) in [5, 5.41) is 16.6. The molecule has 1 N–H and O–H groups in total. The number of carboxylic acid groups (broad SMARTS) is 1. The van der Waals surface area contributed by atoms with E-state index in [4.69, 9.17) is 9.84 Å². The Morgan fingerprint density at radius 3 is 2.57 bits per heavy atom. The summed E-state index contributed by atoms with van der Waals surface area (Å²) in [5.41, 5.74) is -0.0845. The number of aromatic carboxylic acids is 1. The van der Waals surface area contributed by atoms with Crippen LogP contribution in [0.3, 0.4) is 0 Å². The highest BCUT2D eigenvalue weighted by molar-refractivity contribution is 5.86. The third-order valence-corrected chi connectivity index (χ3v) is 3.29. The molecule has 2 heterocycles. The van der Waals surface area contributed by atoms with Crippen LogP contribution in [-0.4, -0.2) is 55.8 Å². The predicted octanol–water partition coefficient (Wildman–Crippen LogP) is 1.47. The van der Waals surface area contributed by atoms with Crippen molar-refractivity contribution >= 4 is 12.1 Å². The lowest BCUT2D eigenvalue weighted by atomic mass is 10.2. The molecule has 1 aliphatic rings. The first-order chi connectivity index (χ1) is 9.69. The van der Waals surface area contributed by atoms with Crippen LogP contribution < -0.4 is 0 Å². The van der Waals surface area contributed by atoms with Crippen LogP contribution in [0.15, 0.2) is 0 Å². The molecular weight excluding hydrogens is 276 g/mol. The summed E-state index contributed by atoms with van der Waals surface area (Å²) in [4.78, 5) is 24.6. The second-order valence-electron chi connectivity index (χ2n) is 6.14. The molecule has 0 spiro atoms. The van der Waals surface area contributed by atoms with E-state index in [2.05, 4.69) is 10.3 Å². The first kappa shape index (κ1) is 15.3. The molecule has 0 bridgehead atoms. The quantitative estimate of drug-likeness (QED) is 0.887. The SMILES string of the molecule is Cc1c(C(=O)O)nnn1[C@H]1CCN(C(=O)OC(C)(C)C)C1. The van der Waals surface area contributed by atoms with Gasteiger partial charge in [-0.1, -0.05) is 5.21 Å². The number of amides is 1. The second-order valence-corrected chi connectivity index (χ2v) is 6.14. The maximum Gasteiger partial charge on any atom is 0.410 e. The molecule has 0 aliphatic carbocycles. The van der Waals surface area contributed by atoms with Crippen molar-refractivity contribution in [3.8, 4) is 0 Å². The molecule has 1 atom stereocenters. The van der Waals surface area contributed by atoms with E-state index in [9.17, 15) is 9.59 Å². The third-order valence-electron chi connectivity index (χ3n) is 3.29. The molecule has 8 heteroatoms. The van der Waals surface area contributed by atoms with E-state index in [1.165, 1.54) is 0 Å². The van der Waals surface area contributed by atoms with Crippen LogP contribution in [0.25, 0.3) is 0 Å². The number of nitrogens with zero attached hydrogens (tertiary/aromatic N) is 4. The van der Waals surface area contributed by atoms with Crippen molar-refractivity contribution in [2.45, 2.75) is 45.8 Å². The summed E-state index contributed by atoms with van der Waals surface area (Å²) in [5.74, 6) is -1.10. The molecule has 2 rings (SSSR count). The zero-order valence-electron chi connectivity index (χ0n) is 12.7. The minimum Gasteiger partial charge on any atom is -0.476 e. The fourth-order valence-electron chi connectivity index (χ4n) is 2.32. The van der Waals surface area contributed by atoms with Crippen molar-refractivity contribution in [2.24, 2.45) is 0 Å². The van der Waals surface area contributed by atoms with Gasteiger partial charge >= 0.3 is 12.1 Å². The Bertz CT molecular complexity index is 561. The molecule has 1 fully saturated rings. The molecule has 0 saturated carbocycles. The van der Waals surface area contributed by atoms with Gasteiger partial charge in [-0.2, -0.15) is 0 Å². The van der Waals surface area contributed by atoms with Gasteiger partial charge < -0.3 is 14.7 Å². The minimum absolute atomic E-state index is 0.0503. The molecule has 1 saturated heterocycles. The molecule has 1 amide bonds. The Balaban J connectivity index is 2.06. The Morgan fingerprint density at radius 1 is 1.38 bits per heavy atom. The molecule has 21 heavy (non-hydrogen) atoms. The highest BCUT2D eigenvalue weighted by Crippen LogP contribution is 2.24. The highest BCUT2D eigenvalue weighted by atomic mass is 16.6. The number of carbonyl (C=O) groups excluding carboxylic acids is 1. The number of hydrogen-bond donors (Lipinski definition) is 1. The van der Waals surface area contributed by atoms with Gasteiger partial charge in [0, 0.05) is 13.1 Å². The van der Waals surface area contributed by atoms with Crippen LogP contribution >= 0.6 is 0 Å². The van der Waals surface area contributed by atoms with Gasteiger partial charge in [0.15, 0.2) is 5.69 Å². The summed E-state index contributed by atoms with van der Waals surface area (Å²) in [6.07, 6.45) is 0.337. The van der Waals surface area contributed by atoms with Crippen LogP contribution in [-0.2, 0) is 4.74 Å². The first-order valence-corrected chi connectivity index (χ1v) is 6.82. The molecule has 8 nitrogen and oxygen atoms in total. The lowest BCUT2D eigenvalue weighted by molar-refractivity contribution is 0.0287. The number of likely N-dealkylation sites (tertiary alicyclic amines) is 1. The van der Waals surface area contributed by atoms with E-state index in [0.717, 1.165) is 0 Å². The lowest BCUT2D eigenvalue weighted by Crippen LogP contribution is -2.35. The molecular formula is C13H20N4O4. The zero-order chi connectivity index (χ0) is 15.8. The number of hydrogen-bond acceptors (Lipinski definition) is 5. The summed E-state index contributed by atoms with van der Waals surface area (Å²) in [7, 11) is 0. The maximum atomic E-state index is 12.0. The normalized spacial score (nSPS) is 18.9. The number of rotatable bonds is 2. The highest BCUT2D eigenvalue weighted by Gasteiger charge is 2.32. The van der Waals surface area contributed by atoms with Crippen molar-refractivity contribution < 1.29 is 19.4 Å². The van der Waals surface area contributed by atoms with Gasteiger partial charge in [0.25, 0.3) is 0 Å². The molecule has 1 aliphatic heterocycles. The smallest absolute Gasteiger partial charge is 0.410 e. The fourth-order valence-corrected chi connectivity index (χ4v) is 2.32. The number of aromatic nitrogens is 3. The summed E-state index contributed by atoms with van der Waals surface area (Å²) in [6.45, 7) is 8.12. The van der Waals surface area contributed by atoms with Gasteiger partial charge in [-0.3, -0.25) is 0 Å². The second kappa shape index (κ2) is 5.34. The first-order valence-electron chi connectivity index (χ1n) is 6.82. The minimum atomic E-state index is -1.10. The van der Waals surface area contributed by atoms with E-state index in [0.29, 0.717) is 25.2 Å². The lowest BCUT2D eigenvalue weighted by Gasteiger charge is -2.24. The van der Waals surface area contributed by atoms with Gasteiger partial charge in [0.2, 0.25) is 0 Å². The molecule has 1 aromatic heterocycles. The fraction of sp³-hybridized carbons (Fsp3) is 0.692. The summed E-state index contributed by atoms with van der Waals surface area (Å²) in [6, 6.07) is -0.0712. The Kier molecular flexibility index (Phi) is 3.89. The van der Waals surface area contributed by atoms with Crippen molar-refractivity contribution in [1.29, 1.82) is 0 Å². The average Bonchev–Trinajstić information content (AvgIpc) is 2.92. The van der Waals surface area contributed by atoms with Crippen molar-refractivity contribution in [2.75, 3.05) is 13.1 Å². The van der Waals surface area contributed by atoms with Gasteiger partial charge in [-0.05, 0) is 34.1 Å². The number of ether oxygens (including phenoxy) is 1. The van der Waals surface area contributed by atoms with Gasteiger partial charge in [-0.15, -0.1) is 5.10 Å². The van der Waals surface area contributed by atoms with Crippen LogP contribution in [0, 0.1) is 6.92 Å². The molecule has 116 valence electrons. The van der Waals surface area contributed by atoms with Gasteiger partial charge in [0.1, 0.15) is 5.60 Å². The van der Waals surface area contributed by atoms with Crippen molar-refractivity contribution in [1.82, 2.24) is 19.9 Å². The van der Waals surface area contributed by atoms with Crippen molar-refractivity contribution in [3.63, 3.8) is 0 Å². The Morgan fingerprint density at radius 2 is 2.05 bits per heavy atom. The van der Waals surface area contributed by atoms with Crippen LogP contribution in [0.2, 0.25) is 0 Å². The zero-order valence-corrected chi connectivity index (χ0v) is 12.7. The summed E-state index contributed by atoms with van der Waals surface area (Å²) >= 11 is 0. The Hall–Kier alpha value is -2.12. The largest absolute Gasteiger partial charge is 0.476 e. The standard InChI is InChI=1S/C13H20N4O4/c1-8-10(11(18)19)14-15-17(8)9-5-6-16(7-9)12(20)21-13(2,3)4/h9H,5-7H2,1-4H3,(H,18,19)/t9-/m0/s1. The van der Waals surface area contributed by atoms with E-state index in [1.807, 2.05) is 20.8 Å². The molecule has 0 unspecified atom stereocenters. The summed E-state index contributed by atoms with van der Waals surface area (Å²) < 4.78 is 6.90. The molecule has 1 aromatic rings. The van der Waals surface area contributed by atoms with E-state index in [1.54, 1.807) is 16.5 Å².